The number of nitrogens with one attached hydrogen (secondary N) is 1. The first-order chi connectivity index (χ1) is 16.0. The lowest BCUT2D eigenvalue weighted by molar-refractivity contribution is -0.113. The molecule has 1 amide bonds. The molecular weight excluding hydrogens is 458 g/mol. The molecule has 3 aromatic rings. The van der Waals surface area contributed by atoms with Gasteiger partial charge < -0.3 is 5.32 Å². The number of carbonyl (C=O) groups is 1. The van der Waals surface area contributed by atoms with Gasteiger partial charge in [-0.3, -0.25) is 4.79 Å². The predicted molar refractivity (Wildman–Crippen MR) is 127 cm³/mol. The molecule has 1 saturated carbocycles. The molecule has 0 unspecified atom stereocenters. The second-order valence-electron chi connectivity index (χ2n) is 8.25. The van der Waals surface area contributed by atoms with E-state index in [4.69, 9.17) is 0 Å². The maximum absolute atomic E-state index is 12.8. The number of sulfonamides is 1. The third-order valence-corrected chi connectivity index (χ3v) is 8.44. The molecule has 1 N–H and O–H groups in total. The van der Waals surface area contributed by atoms with E-state index >= 15 is 0 Å². The van der Waals surface area contributed by atoms with Crippen molar-refractivity contribution in [1.29, 1.82) is 0 Å². The van der Waals surface area contributed by atoms with Crippen LogP contribution >= 0.6 is 11.8 Å². The molecule has 2 heterocycles. The summed E-state index contributed by atoms with van der Waals surface area (Å²) in [5.41, 5.74) is 1.42. The van der Waals surface area contributed by atoms with Gasteiger partial charge >= 0.3 is 0 Å². The van der Waals surface area contributed by atoms with Crippen molar-refractivity contribution in [3.05, 3.63) is 60.4 Å². The van der Waals surface area contributed by atoms with Crippen molar-refractivity contribution in [3.8, 4) is 5.69 Å². The largest absolute Gasteiger partial charge is 0.325 e. The summed E-state index contributed by atoms with van der Waals surface area (Å²) >= 11 is 1.27. The molecule has 8 nitrogen and oxygen atoms in total. The summed E-state index contributed by atoms with van der Waals surface area (Å²) in [5, 5.41) is 7.97. The zero-order valence-corrected chi connectivity index (χ0v) is 19.7. The van der Waals surface area contributed by atoms with Crippen LogP contribution in [0.5, 0.6) is 0 Å². The molecule has 10 heteroatoms. The number of thioether (sulfide) groups is 1. The molecule has 2 aliphatic rings. The van der Waals surface area contributed by atoms with Gasteiger partial charge in [0, 0.05) is 24.7 Å². The average Bonchev–Trinajstić information content (AvgIpc) is 3.33. The number of benzene rings is 2. The lowest BCUT2D eigenvalue weighted by Crippen LogP contribution is -2.28. The van der Waals surface area contributed by atoms with Gasteiger partial charge in [0.2, 0.25) is 21.1 Å². The monoisotopic (exact) mass is 483 g/mol. The number of anilines is 1. The molecule has 0 radical (unpaired) electrons. The van der Waals surface area contributed by atoms with E-state index in [0.29, 0.717) is 29.9 Å². The maximum Gasteiger partial charge on any atom is 0.243 e. The third kappa shape index (κ3) is 4.97. The summed E-state index contributed by atoms with van der Waals surface area (Å²) in [6.45, 7) is 1.09. The van der Waals surface area contributed by atoms with Gasteiger partial charge in [0.1, 0.15) is 5.82 Å². The molecule has 2 fully saturated rings. The summed E-state index contributed by atoms with van der Waals surface area (Å²) in [6, 6.07) is 16.3. The topological polar surface area (TPSA) is 97.2 Å². The molecule has 33 heavy (non-hydrogen) atoms. The highest BCUT2D eigenvalue weighted by atomic mass is 32.2. The van der Waals surface area contributed by atoms with E-state index in [0.717, 1.165) is 37.2 Å². The van der Waals surface area contributed by atoms with Crippen LogP contribution in [0.2, 0.25) is 0 Å². The second-order valence-corrected chi connectivity index (χ2v) is 11.1. The van der Waals surface area contributed by atoms with Crippen molar-refractivity contribution in [1.82, 2.24) is 19.1 Å². The summed E-state index contributed by atoms with van der Waals surface area (Å²) in [4.78, 5) is 17.4. The number of hydrogen-bond donors (Lipinski definition) is 1. The van der Waals surface area contributed by atoms with Crippen molar-refractivity contribution >= 4 is 33.4 Å². The number of amides is 1. The molecule has 0 atom stereocenters. The molecule has 1 aliphatic heterocycles. The van der Waals surface area contributed by atoms with Crippen LogP contribution < -0.4 is 5.32 Å². The van der Waals surface area contributed by atoms with Crippen molar-refractivity contribution in [2.45, 2.75) is 41.7 Å². The molecule has 0 spiro atoms. The minimum atomic E-state index is -3.53. The fraction of sp³-hybridized carbons (Fsp3) is 0.348. The SMILES string of the molecule is O=C(CSc1nc(C2CC2)n(-c2ccccc2)n1)Nc1cccc(S(=O)(=O)N2CCCC2)c1. The van der Waals surface area contributed by atoms with Gasteiger partial charge in [-0.05, 0) is 56.0 Å². The number of carbonyl (C=O) groups excluding carboxylic acids is 1. The van der Waals surface area contributed by atoms with Crippen LogP contribution in [0, 0.1) is 0 Å². The van der Waals surface area contributed by atoms with Crippen molar-refractivity contribution in [3.63, 3.8) is 0 Å². The second kappa shape index (κ2) is 9.28. The standard InChI is InChI=1S/C23H25N5O3S2/c29-21(24-18-7-6-10-20(15-18)33(30,31)27-13-4-5-14-27)16-32-23-25-22(17-11-12-17)28(26-23)19-8-2-1-3-9-19/h1-3,6-10,15,17H,4-5,11-14,16H2,(H,24,29). The lowest BCUT2D eigenvalue weighted by atomic mass is 10.3. The van der Waals surface area contributed by atoms with Gasteiger partial charge in [-0.25, -0.2) is 18.1 Å². The van der Waals surface area contributed by atoms with Gasteiger partial charge in [-0.2, -0.15) is 4.31 Å². The third-order valence-electron chi connectivity index (χ3n) is 5.71. The van der Waals surface area contributed by atoms with E-state index in [1.165, 1.54) is 22.1 Å². The van der Waals surface area contributed by atoms with E-state index in [9.17, 15) is 13.2 Å². The molecule has 1 aliphatic carbocycles. The van der Waals surface area contributed by atoms with Crippen molar-refractivity contribution in [2.75, 3.05) is 24.2 Å². The first-order valence-corrected chi connectivity index (χ1v) is 13.5. The lowest BCUT2D eigenvalue weighted by Gasteiger charge is -2.16. The fourth-order valence-electron chi connectivity index (χ4n) is 3.87. The number of nitrogens with zero attached hydrogens (tertiary/aromatic N) is 4. The van der Waals surface area contributed by atoms with E-state index in [1.54, 1.807) is 18.2 Å². The van der Waals surface area contributed by atoms with E-state index in [1.807, 2.05) is 35.0 Å². The Bertz CT molecular complexity index is 1250. The highest BCUT2D eigenvalue weighted by Gasteiger charge is 2.31. The minimum Gasteiger partial charge on any atom is -0.325 e. The van der Waals surface area contributed by atoms with Crippen LogP contribution in [0.4, 0.5) is 5.69 Å². The number of aromatic nitrogens is 3. The van der Waals surface area contributed by atoms with Gasteiger partial charge in [0.15, 0.2) is 0 Å². The van der Waals surface area contributed by atoms with Gasteiger partial charge in [0.05, 0.1) is 16.3 Å². The highest BCUT2D eigenvalue weighted by molar-refractivity contribution is 7.99. The molecular formula is C23H25N5O3S2. The van der Waals surface area contributed by atoms with Gasteiger partial charge in [-0.1, -0.05) is 36.0 Å². The molecule has 0 bridgehead atoms. The Morgan fingerprint density at radius 3 is 2.55 bits per heavy atom. The van der Waals surface area contributed by atoms with Gasteiger partial charge in [0.25, 0.3) is 0 Å². The van der Waals surface area contributed by atoms with E-state index in [2.05, 4.69) is 15.4 Å². The van der Waals surface area contributed by atoms with Crippen LogP contribution in [-0.2, 0) is 14.8 Å². The zero-order chi connectivity index (χ0) is 22.8. The molecule has 5 rings (SSSR count). The Balaban J connectivity index is 1.24. The van der Waals surface area contributed by atoms with Crippen LogP contribution in [-0.4, -0.2) is 52.2 Å². The Morgan fingerprint density at radius 1 is 1.06 bits per heavy atom. The Kier molecular flexibility index (Phi) is 6.22. The first-order valence-electron chi connectivity index (χ1n) is 11.1. The van der Waals surface area contributed by atoms with Crippen molar-refractivity contribution < 1.29 is 13.2 Å². The Hall–Kier alpha value is -2.69. The number of para-hydroxylation sites is 1. The predicted octanol–water partition coefficient (Wildman–Crippen LogP) is 3.66. The van der Waals surface area contributed by atoms with Gasteiger partial charge in [-0.15, -0.1) is 5.10 Å². The van der Waals surface area contributed by atoms with Crippen LogP contribution in [0.1, 0.15) is 37.4 Å². The zero-order valence-electron chi connectivity index (χ0n) is 18.1. The fourth-order valence-corrected chi connectivity index (χ4v) is 6.06. The summed E-state index contributed by atoms with van der Waals surface area (Å²) in [6.07, 6.45) is 3.96. The first kappa shape index (κ1) is 22.1. The molecule has 2 aromatic carbocycles. The molecule has 1 aromatic heterocycles. The van der Waals surface area contributed by atoms with E-state index < -0.39 is 10.0 Å². The Labute approximate surface area is 197 Å². The van der Waals surface area contributed by atoms with Crippen LogP contribution in [0.15, 0.2) is 64.6 Å². The molecule has 1 saturated heterocycles. The summed E-state index contributed by atoms with van der Waals surface area (Å²) in [7, 11) is -3.53. The van der Waals surface area contributed by atoms with Crippen LogP contribution in [0.3, 0.4) is 0 Å². The smallest absolute Gasteiger partial charge is 0.243 e. The highest BCUT2D eigenvalue weighted by Crippen LogP contribution is 2.40. The Morgan fingerprint density at radius 2 is 1.82 bits per heavy atom. The maximum atomic E-state index is 12.8. The van der Waals surface area contributed by atoms with E-state index in [-0.39, 0.29) is 16.6 Å². The van der Waals surface area contributed by atoms with Crippen LogP contribution in [0.25, 0.3) is 5.69 Å². The minimum absolute atomic E-state index is 0.131. The summed E-state index contributed by atoms with van der Waals surface area (Å²) in [5.74, 6) is 1.25. The number of hydrogen-bond acceptors (Lipinski definition) is 6. The summed E-state index contributed by atoms with van der Waals surface area (Å²) < 4.78 is 28.9. The normalized spacial score (nSPS) is 16.7. The van der Waals surface area contributed by atoms with Crippen molar-refractivity contribution in [2.24, 2.45) is 0 Å². The average molecular weight is 484 g/mol. The molecule has 172 valence electrons. The number of rotatable bonds is 8. The quantitative estimate of drug-likeness (QED) is 0.491.